The fraction of sp³-hybridized carbons (Fsp3) is 0.133. The summed E-state index contributed by atoms with van der Waals surface area (Å²) in [4.78, 5) is 24.1. The molecule has 1 aromatic carbocycles. The summed E-state index contributed by atoms with van der Waals surface area (Å²) in [5.41, 5.74) is 7.24. The SMILES string of the molecule is Cc1ccc2[nH]nc(C(=O)NNC(=O)c3cccn3C)c2c1. The lowest BCUT2D eigenvalue weighted by Gasteiger charge is -2.07. The summed E-state index contributed by atoms with van der Waals surface area (Å²) in [7, 11) is 1.75. The number of hydrogen-bond acceptors (Lipinski definition) is 3. The molecule has 0 atom stereocenters. The van der Waals surface area contributed by atoms with Crippen molar-refractivity contribution < 1.29 is 9.59 Å². The van der Waals surface area contributed by atoms with E-state index in [4.69, 9.17) is 0 Å². The van der Waals surface area contributed by atoms with Gasteiger partial charge in [0.15, 0.2) is 5.69 Å². The lowest BCUT2D eigenvalue weighted by Crippen LogP contribution is -2.42. The average Bonchev–Trinajstić information content (AvgIpc) is 3.10. The van der Waals surface area contributed by atoms with Gasteiger partial charge >= 0.3 is 0 Å². The van der Waals surface area contributed by atoms with Crippen LogP contribution in [-0.2, 0) is 7.05 Å². The predicted octanol–water partition coefficient (Wildman–Crippen LogP) is 1.28. The molecule has 22 heavy (non-hydrogen) atoms. The van der Waals surface area contributed by atoms with Crippen molar-refractivity contribution in [2.24, 2.45) is 7.05 Å². The number of H-pyrrole nitrogens is 1. The molecule has 0 radical (unpaired) electrons. The first kappa shape index (κ1) is 13.9. The molecule has 7 heteroatoms. The third-order valence-electron chi connectivity index (χ3n) is 3.40. The third kappa shape index (κ3) is 2.44. The van der Waals surface area contributed by atoms with Crippen LogP contribution < -0.4 is 10.9 Å². The Labute approximate surface area is 126 Å². The number of amides is 2. The number of rotatable bonds is 2. The summed E-state index contributed by atoms with van der Waals surface area (Å²) in [6, 6.07) is 9.07. The summed E-state index contributed by atoms with van der Waals surface area (Å²) < 4.78 is 1.66. The van der Waals surface area contributed by atoms with Gasteiger partial charge in [0.2, 0.25) is 0 Å². The van der Waals surface area contributed by atoms with Gasteiger partial charge in [-0.2, -0.15) is 5.10 Å². The highest BCUT2D eigenvalue weighted by Crippen LogP contribution is 2.17. The van der Waals surface area contributed by atoms with Crippen LogP contribution in [0.3, 0.4) is 0 Å². The van der Waals surface area contributed by atoms with E-state index < -0.39 is 11.8 Å². The van der Waals surface area contributed by atoms with Gasteiger partial charge in [-0.3, -0.25) is 25.5 Å². The average molecular weight is 297 g/mol. The number of nitrogens with zero attached hydrogens (tertiary/aromatic N) is 2. The van der Waals surface area contributed by atoms with Gasteiger partial charge in [-0.15, -0.1) is 0 Å². The monoisotopic (exact) mass is 297 g/mol. The molecule has 2 heterocycles. The Balaban J connectivity index is 1.75. The molecule has 0 fully saturated rings. The molecule has 0 aliphatic rings. The second-order valence-corrected chi connectivity index (χ2v) is 5.03. The lowest BCUT2D eigenvalue weighted by atomic mass is 10.1. The number of aryl methyl sites for hydroxylation is 2. The standard InChI is InChI=1S/C15H15N5O2/c1-9-5-6-11-10(8-9)13(17-16-11)15(22)19-18-14(21)12-4-3-7-20(12)2/h3-8H,1-2H3,(H,16,17)(H,18,21)(H,19,22). The van der Waals surface area contributed by atoms with E-state index in [0.717, 1.165) is 11.1 Å². The maximum atomic E-state index is 12.2. The molecule has 2 aromatic heterocycles. The van der Waals surface area contributed by atoms with Crippen molar-refractivity contribution in [2.45, 2.75) is 6.92 Å². The Bertz CT molecular complexity index is 862. The number of carbonyl (C=O) groups is 2. The topological polar surface area (TPSA) is 91.8 Å². The van der Waals surface area contributed by atoms with Gasteiger partial charge in [0.25, 0.3) is 11.8 Å². The van der Waals surface area contributed by atoms with Crippen LogP contribution in [0.1, 0.15) is 26.5 Å². The van der Waals surface area contributed by atoms with Crippen molar-refractivity contribution in [1.82, 2.24) is 25.6 Å². The minimum Gasteiger partial charge on any atom is -0.347 e. The summed E-state index contributed by atoms with van der Waals surface area (Å²) in [5.74, 6) is -0.865. The summed E-state index contributed by atoms with van der Waals surface area (Å²) in [6.07, 6.45) is 1.75. The maximum Gasteiger partial charge on any atom is 0.290 e. The molecule has 3 aromatic rings. The molecule has 3 rings (SSSR count). The normalized spacial score (nSPS) is 10.6. The van der Waals surface area contributed by atoms with Crippen LogP contribution in [0, 0.1) is 6.92 Å². The minimum absolute atomic E-state index is 0.242. The van der Waals surface area contributed by atoms with E-state index in [1.165, 1.54) is 0 Å². The van der Waals surface area contributed by atoms with Crippen LogP contribution >= 0.6 is 0 Å². The number of hydrogen-bond donors (Lipinski definition) is 3. The number of hydrazine groups is 1. The van der Waals surface area contributed by atoms with Gasteiger partial charge in [-0.05, 0) is 31.2 Å². The first-order valence-electron chi connectivity index (χ1n) is 6.73. The fourth-order valence-electron chi connectivity index (χ4n) is 2.23. The second kappa shape index (κ2) is 5.36. The number of fused-ring (bicyclic) bond motifs is 1. The van der Waals surface area contributed by atoms with E-state index in [9.17, 15) is 9.59 Å². The molecule has 0 saturated carbocycles. The first-order chi connectivity index (χ1) is 10.6. The van der Waals surface area contributed by atoms with Crippen LogP contribution in [0.2, 0.25) is 0 Å². The van der Waals surface area contributed by atoms with Crippen molar-refractivity contribution in [3.05, 3.63) is 53.5 Å². The fourth-order valence-corrected chi connectivity index (χ4v) is 2.23. The Morgan fingerprint density at radius 3 is 2.68 bits per heavy atom. The summed E-state index contributed by atoms with van der Waals surface area (Å²) in [6.45, 7) is 1.94. The second-order valence-electron chi connectivity index (χ2n) is 5.03. The molecule has 112 valence electrons. The van der Waals surface area contributed by atoms with E-state index in [-0.39, 0.29) is 5.69 Å². The Kier molecular flexibility index (Phi) is 3.38. The van der Waals surface area contributed by atoms with Crippen LogP contribution in [0.4, 0.5) is 0 Å². The quantitative estimate of drug-likeness (QED) is 0.622. The zero-order chi connectivity index (χ0) is 15.7. The maximum absolute atomic E-state index is 12.2. The van der Waals surface area contributed by atoms with Gasteiger partial charge in [0.1, 0.15) is 5.69 Å². The van der Waals surface area contributed by atoms with E-state index in [2.05, 4.69) is 21.0 Å². The number of aromatic nitrogens is 3. The van der Waals surface area contributed by atoms with Gasteiger partial charge in [-0.1, -0.05) is 11.6 Å². The molecule has 0 saturated heterocycles. The molecule has 3 N–H and O–H groups in total. The lowest BCUT2D eigenvalue weighted by molar-refractivity contribution is 0.0840. The van der Waals surface area contributed by atoms with Gasteiger partial charge in [0, 0.05) is 18.6 Å². The molecule has 0 aliphatic carbocycles. The Morgan fingerprint density at radius 2 is 1.95 bits per heavy atom. The molecule has 0 aliphatic heterocycles. The molecular formula is C15H15N5O2. The van der Waals surface area contributed by atoms with Gasteiger partial charge in [0.05, 0.1) is 5.52 Å². The molecule has 0 unspecified atom stereocenters. The highest BCUT2D eigenvalue weighted by molar-refractivity contribution is 6.05. The smallest absolute Gasteiger partial charge is 0.290 e. The van der Waals surface area contributed by atoms with Crippen molar-refractivity contribution in [2.75, 3.05) is 0 Å². The molecule has 7 nitrogen and oxygen atoms in total. The number of aromatic amines is 1. The predicted molar refractivity (Wildman–Crippen MR) is 81.2 cm³/mol. The van der Waals surface area contributed by atoms with Crippen LogP contribution in [0.5, 0.6) is 0 Å². The highest BCUT2D eigenvalue weighted by Gasteiger charge is 2.16. The van der Waals surface area contributed by atoms with E-state index in [1.807, 2.05) is 25.1 Å². The van der Waals surface area contributed by atoms with E-state index in [0.29, 0.717) is 11.1 Å². The molecule has 0 spiro atoms. The number of benzene rings is 1. The van der Waals surface area contributed by atoms with Crippen molar-refractivity contribution in [3.63, 3.8) is 0 Å². The van der Waals surface area contributed by atoms with E-state index >= 15 is 0 Å². The zero-order valence-corrected chi connectivity index (χ0v) is 12.2. The van der Waals surface area contributed by atoms with Crippen molar-refractivity contribution >= 4 is 22.7 Å². The summed E-state index contributed by atoms with van der Waals surface area (Å²) >= 11 is 0. The van der Waals surface area contributed by atoms with Crippen LogP contribution in [0.15, 0.2) is 36.5 Å². The summed E-state index contributed by atoms with van der Waals surface area (Å²) in [5, 5.41) is 7.51. The molecule has 0 bridgehead atoms. The van der Waals surface area contributed by atoms with Crippen molar-refractivity contribution in [1.29, 1.82) is 0 Å². The van der Waals surface area contributed by atoms with Crippen molar-refractivity contribution in [3.8, 4) is 0 Å². The zero-order valence-electron chi connectivity index (χ0n) is 12.2. The van der Waals surface area contributed by atoms with E-state index in [1.54, 1.807) is 29.9 Å². The Hall–Kier alpha value is -3.09. The highest BCUT2D eigenvalue weighted by atomic mass is 16.2. The van der Waals surface area contributed by atoms with Gasteiger partial charge in [-0.25, -0.2) is 0 Å². The first-order valence-corrected chi connectivity index (χ1v) is 6.73. The van der Waals surface area contributed by atoms with Gasteiger partial charge < -0.3 is 4.57 Å². The minimum atomic E-state index is -0.473. The van der Waals surface area contributed by atoms with Crippen LogP contribution in [0.25, 0.3) is 10.9 Å². The third-order valence-corrected chi connectivity index (χ3v) is 3.40. The number of nitrogens with one attached hydrogen (secondary N) is 3. The molecule has 2 amide bonds. The largest absolute Gasteiger partial charge is 0.347 e. The Morgan fingerprint density at radius 1 is 1.18 bits per heavy atom. The van der Waals surface area contributed by atoms with Crippen LogP contribution in [-0.4, -0.2) is 26.6 Å². The molecular weight excluding hydrogens is 282 g/mol. The number of carbonyl (C=O) groups excluding carboxylic acids is 2.